The number of benzene rings is 3. The van der Waals surface area contributed by atoms with E-state index in [-0.39, 0.29) is 17.2 Å². The summed E-state index contributed by atoms with van der Waals surface area (Å²) in [5.41, 5.74) is 9.11. The Balaban J connectivity index is 1.85. The second kappa shape index (κ2) is 7.94. The molecule has 0 spiro atoms. The lowest BCUT2D eigenvalue weighted by atomic mass is 10.0. The van der Waals surface area contributed by atoms with Crippen molar-refractivity contribution in [2.75, 3.05) is 5.32 Å². The molecule has 4 heteroatoms. The molecule has 0 aromatic heterocycles. The fourth-order valence-electron chi connectivity index (χ4n) is 2.54. The van der Waals surface area contributed by atoms with Crippen molar-refractivity contribution < 1.29 is 4.79 Å². The molecule has 0 amide bonds. The number of rotatable bonds is 6. The second-order valence-corrected chi connectivity index (χ2v) is 5.74. The Morgan fingerprint density at radius 3 is 2.12 bits per heavy atom. The lowest BCUT2D eigenvalue weighted by Gasteiger charge is -2.13. The molecular weight excluding hydrogens is 322 g/mol. The predicted octanol–water partition coefficient (Wildman–Crippen LogP) is 4.52. The molecule has 0 aliphatic heterocycles. The summed E-state index contributed by atoms with van der Waals surface area (Å²) in [5, 5.41) is 11.7. The number of allylic oxidation sites excluding steroid dienone is 2. The van der Waals surface area contributed by atoms with Gasteiger partial charge in [-0.15, -0.1) is 0 Å². The third-order valence-corrected chi connectivity index (χ3v) is 3.88. The van der Waals surface area contributed by atoms with Crippen LogP contribution in [0.2, 0.25) is 0 Å². The predicted molar refractivity (Wildman–Crippen MR) is 106 cm³/mol. The highest BCUT2D eigenvalue weighted by molar-refractivity contribution is 6.17. The van der Waals surface area contributed by atoms with Crippen molar-refractivity contribution in [3.8, 4) is 0 Å². The van der Waals surface area contributed by atoms with Crippen LogP contribution in [0.3, 0.4) is 0 Å². The highest BCUT2D eigenvalue weighted by atomic mass is 16.1. The second-order valence-electron chi connectivity index (χ2n) is 5.74. The van der Waals surface area contributed by atoms with Gasteiger partial charge in [-0.25, -0.2) is 0 Å². The summed E-state index contributed by atoms with van der Waals surface area (Å²) < 4.78 is 0. The van der Waals surface area contributed by atoms with E-state index in [1.807, 2.05) is 54.6 Å². The van der Waals surface area contributed by atoms with Crippen molar-refractivity contribution in [2.24, 2.45) is 5.73 Å². The Morgan fingerprint density at radius 2 is 1.42 bits per heavy atom. The number of anilines is 2. The maximum Gasteiger partial charge on any atom is 0.187 e. The summed E-state index contributed by atoms with van der Waals surface area (Å²) >= 11 is 0. The zero-order valence-corrected chi connectivity index (χ0v) is 14.1. The SMILES string of the molecule is N=C(/C(N)=C/C(=O)c1ccccc1)c1ccccc1Nc1ccccc1. The number of para-hydroxylation sites is 2. The van der Waals surface area contributed by atoms with E-state index < -0.39 is 0 Å². The summed E-state index contributed by atoms with van der Waals surface area (Å²) in [6.45, 7) is 0. The fraction of sp³-hybridized carbons (Fsp3) is 0. The molecule has 0 saturated heterocycles. The van der Waals surface area contributed by atoms with E-state index in [0.29, 0.717) is 11.1 Å². The minimum absolute atomic E-state index is 0.105. The molecular formula is C22H19N3O. The first-order valence-corrected chi connectivity index (χ1v) is 8.22. The van der Waals surface area contributed by atoms with Crippen LogP contribution < -0.4 is 11.1 Å². The van der Waals surface area contributed by atoms with Crippen LogP contribution in [0, 0.1) is 5.41 Å². The van der Waals surface area contributed by atoms with Gasteiger partial charge in [-0.3, -0.25) is 10.2 Å². The van der Waals surface area contributed by atoms with Crippen molar-refractivity contribution in [1.82, 2.24) is 0 Å². The van der Waals surface area contributed by atoms with Crippen LogP contribution in [-0.2, 0) is 0 Å². The minimum Gasteiger partial charge on any atom is -0.397 e. The van der Waals surface area contributed by atoms with E-state index in [1.54, 1.807) is 30.3 Å². The Hall–Kier alpha value is -3.66. The van der Waals surface area contributed by atoms with Crippen molar-refractivity contribution >= 4 is 22.9 Å². The summed E-state index contributed by atoms with van der Waals surface area (Å²) in [6.07, 6.45) is 1.30. The van der Waals surface area contributed by atoms with E-state index in [4.69, 9.17) is 11.1 Å². The molecule has 0 aliphatic carbocycles. The number of ketones is 1. The highest BCUT2D eigenvalue weighted by Crippen LogP contribution is 2.22. The number of hydrogen-bond donors (Lipinski definition) is 3. The minimum atomic E-state index is -0.221. The molecule has 3 aromatic carbocycles. The first-order valence-electron chi connectivity index (χ1n) is 8.22. The lowest BCUT2D eigenvalue weighted by molar-refractivity contribution is 0.104. The van der Waals surface area contributed by atoms with E-state index in [1.165, 1.54) is 6.08 Å². The van der Waals surface area contributed by atoms with Gasteiger partial charge in [-0.2, -0.15) is 0 Å². The van der Waals surface area contributed by atoms with Crippen LogP contribution in [0.15, 0.2) is 96.7 Å². The van der Waals surface area contributed by atoms with Gasteiger partial charge in [0, 0.05) is 28.6 Å². The summed E-state index contributed by atoms with van der Waals surface area (Å²) in [5.74, 6) is -0.221. The summed E-state index contributed by atoms with van der Waals surface area (Å²) in [7, 11) is 0. The molecule has 3 rings (SSSR count). The van der Waals surface area contributed by atoms with E-state index in [9.17, 15) is 4.79 Å². The first-order chi connectivity index (χ1) is 12.6. The maximum atomic E-state index is 12.3. The van der Waals surface area contributed by atoms with Crippen molar-refractivity contribution in [3.63, 3.8) is 0 Å². The van der Waals surface area contributed by atoms with Gasteiger partial charge in [0.25, 0.3) is 0 Å². The first kappa shape index (κ1) is 17.2. The van der Waals surface area contributed by atoms with Gasteiger partial charge in [0.1, 0.15) is 0 Å². The lowest BCUT2D eigenvalue weighted by Crippen LogP contribution is -2.15. The molecule has 0 bridgehead atoms. The van der Waals surface area contributed by atoms with Crippen molar-refractivity contribution in [1.29, 1.82) is 5.41 Å². The zero-order valence-electron chi connectivity index (χ0n) is 14.1. The van der Waals surface area contributed by atoms with E-state index in [2.05, 4.69) is 5.32 Å². The fourth-order valence-corrected chi connectivity index (χ4v) is 2.54. The van der Waals surface area contributed by atoms with Crippen molar-refractivity contribution in [2.45, 2.75) is 0 Å². The molecule has 0 heterocycles. The molecule has 0 radical (unpaired) electrons. The quantitative estimate of drug-likeness (QED) is 0.350. The largest absolute Gasteiger partial charge is 0.397 e. The van der Waals surface area contributed by atoms with Crippen LogP contribution in [0.1, 0.15) is 15.9 Å². The Morgan fingerprint density at radius 1 is 0.846 bits per heavy atom. The van der Waals surface area contributed by atoms with Crippen LogP contribution in [0.5, 0.6) is 0 Å². The highest BCUT2D eigenvalue weighted by Gasteiger charge is 2.12. The number of carbonyl (C=O) groups excluding carboxylic acids is 1. The number of nitrogens with one attached hydrogen (secondary N) is 2. The van der Waals surface area contributed by atoms with Gasteiger partial charge in [-0.05, 0) is 18.2 Å². The van der Waals surface area contributed by atoms with Gasteiger partial charge < -0.3 is 11.1 Å². The third-order valence-electron chi connectivity index (χ3n) is 3.88. The molecule has 0 aliphatic rings. The van der Waals surface area contributed by atoms with Gasteiger partial charge >= 0.3 is 0 Å². The van der Waals surface area contributed by atoms with Gasteiger partial charge in [0.2, 0.25) is 0 Å². The Kier molecular flexibility index (Phi) is 5.25. The molecule has 0 fully saturated rings. The number of carbonyl (C=O) groups is 1. The normalized spacial score (nSPS) is 11.0. The smallest absolute Gasteiger partial charge is 0.187 e. The molecule has 3 aromatic rings. The average Bonchev–Trinajstić information content (AvgIpc) is 2.69. The summed E-state index contributed by atoms with van der Waals surface area (Å²) in [4.78, 5) is 12.3. The van der Waals surface area contributed by atoms with Crippen molar-refractivity contribution in [3.05, 3.63) is 108 Å². The molecule has 0 unspecified atom stereocenters. The zero-order chi connectivity index (χ0) is 18.4. The van der Waals surface area contributed by atoms with Crippen LogP contribution in [0.4, 0.5) is 11.4 Å². The summed E-state index contributed by atoms with van der Waals surface area (Å²) in [6, 6.07) is 26.0. The maximum absolute atomic E-state index is 12.3. The van der Waals surface area contributed by atoms with Gasteiger partial charge in [0.05, 0.1) is 11.4 Å². The monoisotopic (exact) mass is 341 g/mol. The van der Waals surface area contributed by atoms with E-state index in [0.717, 1.165) is 11.4 Å². The van der Waals surface area contributed by atoms with Crippen LogP contribution in [0.25, 0.3) is 0 Å². The molecule has 0 saturated carbocycles. The molecule has 4 nitrogen and oxygen atoms in total. The molecule has 26 heavy (non-hydrogen) atoms. The number of nitrogens with two attached hydrogens (primary N) is 1. The molecule has 4 N–H and O–H groups in total. The molecule has 128 valence electrons. The average molecular weight is 341 g/mol. The van der Waals surface area contributed by atoms with Gasteiger partial charge in [0.15, 0.2) is 5.78 Å². The van der Waals surface area contributed by atoms with E-state index >= 15 is 0 Å². The van der Waals surface area contributed by atoms with Gasteiger partial charge in [-0.1, -0.05) is 66.7 Å². The Bertz CT molecular complexity index is 947. The van der Waals surface area contributed by atoms with Crippen LogP contribution in [-0.4, -0.2) is 11.5 Å². The molecule has 0 atom stereocenters. The standard InChI is InChI=1S/C22H19N3O/c23-19(15-21(26)16-9-3-1-4-10-16)22(24)18-13-7-8-14-20(18)25-17-11-5-2-6-12-17/h1-15,24-25H,23H2/b19-15-,24-22?. The third kappa shape index (κ3) is 4.05. The Labute approximate surface area is 152 Å². The topological polar surface area (TPSA) is 79.0 Å². The number of hydrogen-bond acceptors (Lipinski definition) is 4. The van der Waals surface area contributed by atoms with Crippen LogP contribution >= 0.6 is 0 Å².